The van der Waals surface area contributed by atoms with Crippen LogP contribution in [0.4, 0.5) is 5.69 Å². The lowest BCUT2D eigenvalue weighted by molar-refractivity contribution is 0.0693. The van der Waals surface area contributed by atoms with E-state index in [-0.39, 0.29) is 28.2 Å². The van der Waals surface area contributed by atoms with E-state index in [0.717, 1.165) is 0 Å². The summed E-state index contributed by atoms with van der Waals surface area (Å²) in [6.45, 7) is 5.90. The summed E-state index contributed by atoms with van der Waals surface area (Å²) < 4.78 is 31.4. The minimum atomic E-state index is -3.48. The van der Waals surface area contributed by atoms with Crippen molar-refractivity contribution in [1.82, 2.24) is 0 Å². The fourth-order valence-electron chi connectivity index (χ4n) is 1.60. The molecule has 1 aromatic carbocycles. The zero-order chi connectivity index (χ0) is 16.3. The number of carboxylic acid groups (broad SMARTS) is 1. The zero-order valence-electron chi connectivity index (χ0n) is 12.6. The van der Waals surface area contributed by atoms with Gasteiger partial charge in [0.25, 0.3) is 0 Å². The third kappa shape index (κ3) is 5.63. The Balaban J connectivity index is 2.90. The predicted molar refractivity (Wildman–Crippen MR) is 81.4 cm³/mol. The molecule has 0 bridgehead atoms. The van der Waals surface area contributed by atoms with Gasteiger partial charge in [0, 0.05) is 6.07 Å². The average molecular weight is 315 g/mol. The van der Waals surface area contributed by atoms with E-state index in [2.05, 4.69) is 4.72 Å². The van der Waals surface area contributed by atoms with Gasteiger partial charge in [-0.25, -0.2) is 13.2 Å². The summed E-state index contributed by atoms with van der Waals surface area (Å²) in [5, 5.41) is 8.98. The molecular formula is C14H21NO5S. The first kappa shape index (κ1) is 17.3. The standard InChI is InChI=1S/C14H21NO5S/c1-14(2,3)7-8-21(18,19)15-10-5-6-11(13(16)17)12(9-10)20-4/h5-6,9,15H,7-8H2,1-4H3,(H,16,17). The molecule has 0 amide bonds. The molecule has 0 saturated heterocycles. The molecule has 0 radical (unpaired) electrons. The molecule has 0 aromatic heterocycles. The zero-order valence-corrected chi connectivity index (χ0v) is 13.5. The lowest BCUT2D eigenvalue weighted by Crippen LogP contribution is -2.21. The molecule has 0 aliphatic rings. The van der Waals surface area contributed by atoms with Gasteiger partial charge in [0.2, 0.25) is 10.0 Å². The van der Waals surface area contributed by atoms with Gasteiger partial charge in [-0.3, -0.25) is 4.72 Å². The molecule has 0 aliphatic heterocycles. The van der Waals surface area contributed by atoms with Crippen LogP contribution in [-0.2, 0) is 10.0 Å². The molecule has 0 unspecified atom stereocenters. The van der Waals surface area contributed by atoms with Crippen molar-refractivity contribution in [2.75, 3.05) is 17.6 Å². The van der Waals surface area contributed by atoms with Gasteiger partial charge in [-0.2, -0.15) is 0 Å². The Morgan fingerprint density at radius 3 is 2.43 bits per heavy atom. The minimum Gasteiger partial charge on any atom is -0.496 e. The Hall–Kier alpha value is -1.76. The molecule has 0 atom stereocenters. The molecular weight excluding hydrogens is 294 g/mol. The molecule has 7 heteroatoms. The van der Waals surface area contributed by atoms with Gasteiger partial charge in [0.1, 0.15) is 11.3 Å². The number of ether oxygens (including phenoxy) is 1. The van der Waals surface area contributed by atoms with Crippen LogP contribution >= 0.6 is 0 Å². The fraction of sp³-hybridized carbons (Fsp3) is 0.500. The number of nitrogens with one attached hydrogen (secondary N) is 1. The number of hydrogen-bond donors (Lipinski definition) is 2. The van der Waals surface area contributed by atoms with E-state index in [9.17, 15) is 13.2 Å². The second-order valence-corrected chi connectivity index (χ2v) is 7.79. The number of anilines is 1. The summed E-state index contributed by atoms with van der Waals surface area (Å²) in [5.74, 6) is -1.02. The first-order valence-electron chi connectivity index (χ1n) is 6.46. The van der Waals surface area contributed by atoms with Crippen molar-refractivity contribution < 1.29 is 23.1 Å². The van der Waals surface area contributed by atoms with E-state index < -0.39 is 16.0 Å². The van der Waals surface area contributed by atoms with Crippen molar-refractivity contribution in [3.05, 3.63) is 23.8 Å². The lowest BCUT2D eigenvalue weighted by atomic mass is 9.94. The van der Waals surface area contributed by atoms with E-state index in [0.29, 0.717) is 6.42 Å². The maximum atomic E-state index is 12.0. The van der Waals surface area contributed by atoms with Crippen LogP contribution in [0.15, 0.2) is 18.2 Å². The highest BCUT2D eigenvalue weighted by molar-refractivity contribution is 7.92. The third-order valence-electron chi connectivity index (χ3n) is 2.83. The Bertz CT molecular complexity index is 617. The largest absolute Gasteiger partial charge is 0.496 e. The summed E-state index contributed by atoms with van der Waals surface area (Å²) >= 11 is 0. The minimum absolute atomic E-state index is 0.000499. The number of carboxylic acids is 1. The summed E-state index contributed by atoms with van der Waals surface area (Å²) in [5.41, 5.74) is 0.181. The lowest BCUT2D eigenvalue weighted by Gasteiger charge is -2.18. The van der Waals surface area contributed by atoms with Crippen LogP contribution in [0, 0.1) is 5.41 Å². The van der Waals surface area contributed by atoms with Gasteiger partial charge < -0.3 is 9.84 Å². The Morgan fingerprint density at radius 2 is 1.95 bits per heavy atom. The quantitative estimate of drug-likeness (QED) is 0.841. The van der Waals surface area contributed by atoms with E-state index in [4.69, 9.17) is 9.84 Å². The number of hydrogen-bond acceptors (Lipinski definition) is 4. The van der Waals surface area contributed by atoms with Crippen LogP contribution in [0.25, 0.3) is 0 Å². The summed E-state index contributed by atoms with van der Waals surface area (Å²) in [7, 11) is -2.15. The number of aromatic carboxylic acids is 1. The van der Waals surface area contributed by atoms with E-state index in [1.807, 2.05) is 20.8 Å². The molecule has 0 spiro atoms. The smallest absolute Gasteiger partial charge is 0.339 e. The highest BCUT2D eigenvalue weighted by Gasteiger charge is 2.18. The van der Waals surface area contributed by atoms with Crippen molar-refractivity contribution in [3.63, 3.8) is 0 Å². The van der Waals surface area contributed by atoms with Crippen LogP contribution < -0.4 is 9.46 Å². The van der Waals surface area contributed by atoms with Crippen LogP contribution in [0.5, 0.6) is 5.75 Å². The Labute approximate surface area is 125 Å². The molecule has 0 saturated carbocycles. The van der Waals surface area contributed by atoms with E-state index >= 15 is 0 Å². The van der Waals surface area contributed by atoms with Crippen LogP contribution in [-0.4, -0.2) is 32.4 Å². The van der Waals surface area contributed by atoms with Crippen molar-refractivity contribution in [1.29, 1.82) is 0 Å². The topological polar surface area (TPSA) is 92.7 Å². The van der Waals surface area contributed by atoms with Crippen LogP contribution in [0.2, 0.25) is 0 Å². The number of methoxy groups -OCH3 is 1. The highest BCUT2D eigenvalue weighted by Crippen LogP contribution is 2.25. The molecule has 1 rings (SSSR count). The molecule has 0 fully saturated rings. The molecule has 118 valence electrons. The van der Waals surface area contributed by atoms with Gasteiger partial charge in [0.15, 0.2) is 0 Å². The molecule has 0 heterocycles. The monoisotopic (exact) mass is 315 g/mol. The van der Waals surface area contributed by atoms with Crippen molar-refractivity contribution in [2.24, 2.45) is 5.41 Å². The van der Waals surface area contributed by atoms with Crippen molar-refractivity contribution >= 4 is 21.7 Å². The molecule has 2 N–H and O–H groups in total. The van der Waals surface area contributed by atoms with Gasteiger partial charge in [0.05, 0.1) is 18.6 Å². The van der Waals surface area contributed by atoms with Crippen molar-refractivity contribution in [2.45, 2.75) is 27.2 Å². The van der Waals surface area contributed by atoms with E-state index in [1.54, 1.807) is 0 Å². The van der Waals surface area contributed by atoms with Crippen molar-refractivity contribution in [3.8, 4) is 5.75 Å². The number of benzene rings is 1. The molecule has 6 nitrogen and oxygen atoms in total. The Kier molecular flexibility index (Phi) is 5.22. The van der Waals surface area contributed by atoms with Gasteiger partial charge >= 0.3 is 5.97 Å². The Morgan fingerprint density at radius 1 is 1.33 bits per heavy atom. The highest BCUT2D eigenvalue weighted by atomic mass is 32.2. The predicted octanol–water partition coefficient (Wildman–Crippen LogP) is 2.57. The normalized spacial score (nSPS) is 12.0. The maximum absolute atomic E-state index is 12.0. The van der Waals surface area contributed by atoms with Gasteiger partial charge in [-0.1, -0.05) is 20.8 Å². The number of sulfonamides is 1. The molecule has 0 aliphatic carbocycles. The fourth-order valence-corrected chi connectivity index (χ4v) is 3.07. The number of carbonyl (C=O) groups is 1. The first-order chi connectivity index (χ1) is 9.54. The second-order valence-electron chi connectivity index (χ2n) is 5.95. The van der Waals surface area contributed by atoms with E-state index in [1.165, 1.54) is 25.3 Å². The summed E-state index contributed by atoms with van der Waals surface area (Å²) in [6, 6.07) is 4.07. The van der Waals surface area contributed by atoms with Gasteiger partial charge in [-0.05, 0) is 24.0 Å². The average Bonchev–Trinajstić information content (AvgIpc) is 2.35. The molecule has 21 heavy (non-hydrogen) atoms. The third-order valence-corrected chi connectivity index (χ3v) is 4.11. The molecule has 1 aromatic rings. The van der Waals surface area contributed by atoms with Crippen LogP contribution in [0.3, 0.4) is 0 Å². The SMILES string of the molecule is COc1cc(NS(=O)(=O)CCC(C)(C)C)ccc1C(=O)O. The number of rotatable bonds is 6. The first-order valence-corrected chi connectivity index (χ1v) is 8.11. The van der Waals surface area contributed by atoms with Crippen LogP contribution in [0.1, 0.15) is 37.6 Å². The van der Waals surface area contributed by atoms with Gasteiger partial charge in [-0.15, -0.1) is 0 Å². The summed E-state index contributed by atoms with van der Waals surface area (Å²) in [4.78, 5) is 11.0. The maximum Gasteiger partial charge on any atom is 0.339 e. The summed E-state index contributed by atoms with van der Waals surface area (Å²) in [6.07, 6.45) is 0.521. The second kappa shape index (κ2) is 6.34.